The standard InChI is InChI=1S/C20H24N2O3/c23-18(20(19(24)25)10-4-5-11-20)22-15-13-21(14-16-22)12-6-9-17-7-2-1-3-8-17/h1-9H,10-16H2,(H,24,25)/b9-6+. The summed E-state index contributed by atoms with van der Waals surface area (Å²) >= 11 is 0. The van der Waals surface area contributed by atoms with Crippen molar-refractivity contribution in [3.63, 3.8) is 0 Å². The Hall–Kier alpha value is -2.40. The van der Waals surface area contributed by atoms with Gasteiger partial charge in [0.1, 0.15) is 0 Å². The van der Waals surface area contributed by atoms with Gasteiger partial charge in [0.2, 0.25) is 5.91 Å². The van der Waals surface area contributed by atoms with E-state index in [0.717, 1.165) is 19.6 Å². The Morgan fingerprint density at radius 3 is 2.28 bits per heavy atom. The van der Waals surface area contributed by atoms with Gasteiger partial charge in [-0.05, 0) is 18.4 Å². The molecule has 5 heteroatoms. The Kier molecular flexibility index (Phi) is 5.34. The normalized spacial score (nSPS) is 20.2. The van der Waals surface area contributed by atoms with Gasteiger partial charge < -0.3 is 10.0 Å². The van der Waals surface area contributed by atoms with E-state index in [-0.39, 0.29) is 5.91 Å². The zero-order valence-corrected chi connectivity index (χ0v) is 14.3. The minimum atomic E-state index is -1.27. The van der Waals surface area contributed by atoms with Gasteiger partial charge in [-0.3, -0.25) is 14.5 Å². The number of piperazine rings is 1. The number of carboxylic acid groups (broad SMARTS) is 1. The monoisotopic (exact) mass is 340 g/mol. The van der Waals surface area contributed by atoms with Crippen molar-refractivity contribution in [1.29, 1.82) is 0 Å². The molecule has 1 amide bonds. The quantitative estimate of drug-likeness (QED) is 0.660. The molecule has 3 rings (SSSR count). The Morgan fingerprint density at radius 1 is 1.04 bits per heavy atom. The first kappa shape index (κ1) is 17.4. The predicted molar refractivity (Wildman–Crippen MR) is 96.9 cm³/mol. The van der Waals surface area contributed by atoms with E-state index in [1.54, 1.807) is 17.1 Å². The SMILES string of the molecule is O=C(O)C1(C(=O)N2CCN(C/C=C/c3ccccc3)CC2)CC=CC1. The summed E-state index contributed by atoms with van der Waals surface area (Å²) in [6.45, 7) is 3.56. The van der Waals surface area contributed by atoms with E-state index in [0.29, 0.717) is 25.9 Å². The molecular formula is C20H24N2O3. The van der Waals surface area contributed by atoms with E-state index in [1.807, 2.05) is 18.2 Å². The molecule has 1 aromatic rings. The van der Waals surface area contributed by atoms with Gasteiger partial charge in [0.15, 0.2) is 5.41 Å². The van der Waals surface area contributed by atoms with Crippen LogP contribution in [0, 0.1) is 5.41 Å². The van der Waals surface area contributed by atoms with Crippen LogP contribution in [0.1, 0.15) is 18.4 Å². The third-order valence-corrected chi connectivity index (χ3v) is 5.05. The summed E-state index contributed by atoms with van der Waals surface area (Å²) in [6, 6.07) is 10.2. The minimum absolute atomic E-state index is 0.232. The molecule has 1 N–H and O–H groups in total. The number of hydrogen-bond donors (Lipinski definition) is 1. The molecule has 25 heavy (non-hydrogen) atoms. The van der Waals surface area contributed by atoms with Crippen LogP contribution in [0.25, 0.3) is 6.08 Å². The van der Waals surface area contributed by atoms with E-state index < -0.39 is 11.4 Å². The summed E-state index contributed by atoms with van der Waals surface area (Å²) in [7, 11) is 0. The third-order valence-electron chi connectivity index (χ3n) is 5.05. The van der Waals surface area contributed by atoms with E-state index in [4.69, 9.17) is 0 Å². The lowest BCUT2D eigenvalue weighted by molar-refractivity contribution is -0.160. The third kappa shape index (κ3) is 3.82. The maximum Gasteiger partial charge on any atom is 0.319 e. The average Bonchev–Trinajstić information content (AvgIpc) is 3.14. The largest absolute Gasteiger partial charge is 0.480 e. The molecule has 5 nitrogen and oxygen atoms in total. The molecule has 1 saturated heterocycles. The first-order chi connectivity index (χ1) is 12.1. The summed E-state index contributed by atoms with van der Waals surface area (Å²) in [5.74, 6) is -1.24. The van der Waals surface area contributed by atoms with Crippen molar-refractivity contribution in [1.82, 2.24) is 9.80 Å². The van der Waals surface area contributed by atoms with Crippen molar-refractivity contribution < 1.29 is 14.7 Å². The molecule has 0 aromatic heterocycles. The van der Waals surface area contributed by atoms with E-state index in [9.17, 15) is 14.7 Å². The number of carbonyl (C=O) groups excluding carboxylic acids is 1. The van der Waals surface area contributed by atoms with Crippen LogP contribution < -0.4 is 0 Å². The van der Waals surface area contributed by atoms with E-state index in [1.165, 1.54) is 5.56 Å². The Labute approximate surface area is 148 Å². The molecule has 0 bridgehead atoms. The fourth-order valence-corrected chi connectivity index (χ4v) is 3.43. The highest BCUT2D eigenvalue weighted by atomic mass is 16.4. The second kappa shape index (κ2) is 7.66. The number of carboxylic acids is 1. The van der Waals surface area contributed by atoms with Crippen LogP contribution in [-0.4, -0.2) is 59.5 Å². The smallest absolute Gasteiger partial charge is 0.319 e. The maximum atomic E-state index is 12.7. The molecular weight excluding hydrogens is 316 g/mol. The van der Waals surface area contributed by atoms with Gasteiger partial charge in [-0.2, -0.15) is 0 Å². The van der Waals surface area contributed by atoms with Crippen LogP contribution in [0.15, 0.2) is 48.6 Å². The lowest BCUT2D eigenvalue weighted by atomic mass is 9.83. The van der Waals surface area contributed by atoms with Gasteiger partial charge >= 0.3 is 5.97 Å². The van der Waals surface area contributed by atoms with Gasteiger partial charge in [-0.1, -0.05) is 54.6 Å². The Morgan fingerprint density at radius 2 is 1.68 bits per heavy atom. The fraction of sp³-hybridized carbons (Fsp3) is 0.400. The zero-order chi connectivity index (χ0) is 17.7. The summed E-state index contributed by atoms with van der Waals surface area (Å²) in [6.07, 6.45) is 8.45. The van der Waals surface area contributed by atoms with E-state index in [2.05, 4.69) is 29.2 Å². The van der Waals surface area contributed by atoms with Crippen LogP contribution >= 0.6 is 0 Å². The number of nitrogens with zero attached hydrogens (tertiary/aromatic N) is 2. The summed E-state index contributed by atoms with van der Waals surface area (Å²) in [5.41, 5.74) is -0.0940. The average molecular weight is 340 g/mol. The van der Waals surface area contributed by atoms with Crippen LogP contribution in [0.5, 0.6) is 0 Å². The van der Waals surface area contributed by atoms with Crippen molar-refractivity contribution in [2.24, 2.45) is 5.41 Å². The maximum absolute atomic E-state index is 12.7. The highest BCUT2D eigenvalue weighted by Gasteiger charge is 2.48. The van der Waals surface area contributed by atoms with Gasteiger partial charge in [-0.15, -0.1) is 0 Å². The van der Waals surface area contributed by atoms with Crippen LogP contribution in [0.2, 0.25) is 0 Å². The predicted octanol–water partition coefficient (Wildman–Crippen LogP) is 2.26. The van der Waals surface area contributed by atoms with Crippen LogP contribution in [0.4, 0.5) is 0 Å². The summed E-state index contributed by atoms with van der Waals surface area (Å²) in [4.78, 5) is 28.4. The zero-order valence-electron chi connectivity index (χ0n) is 14.3. The minimum Gasteiger partial charge on any atom is -0.480 e. The number of benzene rings is 1. The van der Waals surface area contributed by atoms with Gasteiger partial charge in [0.05, 0.1) is 0 Å². The molecule has 1 aliphatic heterocycles. The first-order valence-corrected chi connectivity index (χ1v) is 8.73. The molecule has 0 saturated carbocycles. The highest BCUT2D eigenvalue weighted by molar-refractivity contribution is 6.02. The molecule has 1 aliphatic carbocycles. The number of rotatable bonds is 5. The second-order valence-electron chi connectivity index (χ2n) is 6.67. The lowest BCUT2D eigenvalue weighted by Crippen LogP contribution is -2.54. The Bertz CT molecular complexity index is 665. The molecule has 1 heterocycles. The van der Waals surface area contributed by atoms with E-state index >= 15 is 0 Å². The van der Waals surface area contributed by atoms with Crippen molar-refractivity contribution >= 4 is 18.0 Å². The van der Waals surface area contributed by atoms with Crippen molar-refractivity contribution in [3.05, 3.63) is 54.1 Å². The van der Waals surface area contributed by atoms with Gasteiger partial charge in [0, 0.05) is 32.7 Å². The molecule has 2 aliphatic rings. The fourth-order valence-electron chi connectivity index (χ4n) is 3.43. The highest BCUT2D eigenvalue weighted by Crippen LogP contribution is 2.36. The molecule has 132 valence electrons. The second-order valence-corrected chi connectivity index (χ2v) is 6.67. The topological polar surface area (TPSA) is 60.9 Å². The molecule has 0 radical (unpaired) electrons. The number of carbonyl (C=O) groups is 2. The number of amides is 1. The van der Waals surface area contributed by atoms with Gasteiger partial charge in [-0.25, -0.2) is 0 Å². The molecule has 1 fully saturated rings. The van der Waals surface area contributed by atoms with Gasteiger partial charge in [0.25, 0.3) is 0 Å². The van der Waals surface area contributed by atoms with Crippen molar-refractivity contribution in [2.75, 3.05) is 32.7 Å². The summed E-state index contributed by atoms with van der Waals surface area (Å²) < 4.78 is 0. The number of allylic oxidation sites excluding steroid dienone is 2. The molecule has 0 unspecified atom stereocenters. The van der Waals surface area contributed by atoms with Crippen molar-refractivity contribution in [3.8, 4) is 0 Å². The molecule has 1 aromatic carbocycles. The number of aliphatic carboxylic acids is 1. The molecule has 0 atom stereocenters. The number of hydrogen-bond acceptors (Lipinski definition) is 3. The summed E-state index contributed by atoms with van der Waals surface area (Å²) in [5, 5.41) is 9.53. The Balaban J connectivity index is 1.51. The van der Waals surface area contributed by atoms with Crippen LogP contribution in [0.3, 0.4) is 0 Å². The molecule has 0 spiro atoms. The van der Waals surface area contributed by atoms with Crippen LogP contribution in [-0.2, 0) is 9.59 Å². The lowest BCUT2D eigenvalue weighted by Gasteiger charge is -2.38. The first-order valence-electron chi connectivity index (χ1n) is 8.73. The van der Waals surface area contributed by atoms with Crippen molar-refractivity contribution in [2.45, 2.75) is 12.8 Å².